The number of amides is 2. The Labute approximate surface area is 268 Å². The first-order chi connectivity index (χ1) is 21.1. The van der Waals surface area contributed by atoms with E-state index in [0.29, 0.717) is 27.9 Å². The van der Waals surface area contributed by atoms with Gasteiger partial charge in [-0.2, -0.15) is 0 Å². The minimum absolute atomic E-state index is 0.0189. The number of hydrogen-bond acceptors (Lipinski definition) is 5. The van der Waals surface area contributed by atoms with Gasteiger partial charge in [-0.15, -0.1) is 0 Å². The van der Waals surface area contributed by atoms with Crippen molar-refractivity contribution in [3.63, 3.8) is 0 Å². The van der Waals surface area contributed by atoms with Gasteiger partial charge in [-0.1, -0.05) is 65.7 Å². The van der Waals surface area contributed by atoms with Gasteiger partial charge in [0.2, 0.25) is 11.8 Å². The average Bonchev–Trinajstić information content (AvgIpc) is 3.02. The van der Waals surface area contributed by atoms with Crippen LogP contribution in [0.5, 0.6) is 5.75 Å². The van der Waals surface area contributed by atoms with Gasteiger partial charge in [0.25, 0.3) is 10.0 Å². The molecule has 2 amide bonds. The molecular weight excluding hydrogens is 621 g/mol. The second kappa shape index (κ2) is 15.1. The largest absolute Gasteiger partial charge is 0.497 e. The fourth-order valence-electron chi connectivity index (χ4n) is 4.69. The number of carbonyl (C=O) groups is 2. The Bertz CT molecular complexity index is 1670. The molecule has 8 nitrogen and oxygen atoms in total. The van der Waals surface area contributed by atoms with E-state index in [1.54, 1.807) is 43.3 Å². The Hall–Kier alpha value is -4.05. The summed E-state index contributed by atoms with van der Waals surface area (Å²) in [5, 5.41) is 3.72. The van der Waals surface area contributed by atoms with Gasteiger partial charge in [0.1, 0.15) is 18.3 Å². The van der Waals surface area contributed by atoms with E-state index in [1.165, 1.54) is 48.4 Å². The van der Waals surface area contributed by atoms with Crippen molar-refractivity contribution < 1.29 is 22.7 Å². The molecule has 0 fully saturated rings. The Morgan fingerprint density at radius 3 is 2.11 bits per heavy atom. The summed E-state index contributed by atoms with van der Waals surface area (Å²) in [5.74, 6) is -0.455. The van der Waals surface area contributed by atoms with Crippen molar-refractivity contribution in [2.45, 2.75) is 30.8 Å². The lowest BCUT2D eigenvalue weighted by atomic mass is 10.0. The van der Waals surface area contributed by atoms with Crippen LogP contribution in [0.3, 0.4) is 0 Å². The Morgan fingerprint density at radius 1 is 0.841 bits per heavy atom. The maximum atomic E-state index is 14.4. The molecule has 0 aromatic heterocycles. The molecule has 230 valence electrons. The predicted octanol–water partition coefficient (Wildman–Crippen LogP) is 5.97. The number of anilines is 1. The summed E-state index contributed by atoms with van der Waals surface area (Å²) in [6.45, 7) is 1.59. The van der Waals surface area contributed by atoms with Gasteiger partial charge >= 0.3 is 0 Å². The molecule has 1 N–H and O–H groups in total. The van der Waals surface area contributed by atoms with Crippen molar-refractivity contribution >= 4 is 50.7 Å². The van der Waals surface area contributed by atoms with E-state index in [2.05, 4.69) is 5.32 Å². The van der Waals surface area contributed by atoms with Gasteiger partial charge in [0.05, 0.1) is 17.7 Å². The number of benzene rings is 4. The molecule has 0 aliphatic heterocycles. The van der Waals surface area contributed by atoms with Gasteiger partial charge in [-0.3, -0.25) is 13.9 Å². The Kier molecular flexibility index (Phi) is 11.3. The molecule has 44 heavy (non-hydrogen) atoms. The van der Waals surface area contributed by atoms with Crippen LogP contribution in [0.2, 0.25) is 10.0 Å². The predicted molar refractivity (Wildman–Crippen MR) is 174 cm³/mol. The molecule has 4 aromatic carbocycles. The maximum Gasteiger partial charge on any atom is 0.264 e. The number of nitrogens with zero attached hydrogens (tertiary/aromatic N) is 2. The lowest BCUT2D eigenvalue weighted by Gasteiger charge is -2.34. The summed E-state index contributed by atoms with van der Waals surface area (Å²) in [4.78, 5) is 29.3. The second-order valence-corrected chi connectivity index (χ2v) is 12.7. The van der Waals surface area contributed by atoms with Crippen LogP contribution < -0.4 is 14.4 Å². The zero-order valence-electron chi connectivity index (χ0n) is 24.3. The molecular formula is C33H33Cl2N3O5S. The highest BCUT2D eigenvalue weighted by atomic mass is 35.5. The summed E-state index contributed by atoms with van der Waals surface area (Å²) in [7, 11) is -2.77. The highest BCUT2D eigenvalue weighted by Gasteiger charge is 2.34. The molecule has 0 saturated carbocycles. The lowest BCUT2D eigenvalue weighted by Crippen LogP contribution is -2.53. The van der Waals surface area contributed by atoms with Crippen molar-refractivity contribution in [3.8, 4) is 5.75 Å². The number of halogens is 2. The van der Waals surface area contributed by atoms with E-state index in [-0.39, 0.29) is 29.5 Å². The molecule has 1 atom stereocenters. The standard InChI is InChI=1S/C33H33Cl2N3O5S/c1-3-36-33(40)31(21-24-8-5-4-6-9-24)37(22-25-10-7-11-27(35)20-25)32(39)23-38(28-14-12-26(34)13-15-28)44(41,42)30-18-16-29(43-2)17-19-30/h4-20,31H,3,21-23H2,1-2H3,(H,36,40)/t31-/m0/s1. The Balaban J connectivity index is 1.79. The molecule has 11 heteroatoms. The number of ether oxygens (including phenoxy) is 1. The molecule has 0 unspecified atom stereocenters. The number of carbonyl (C=O) groups excluding carboxylic acids is 2. The van der Waals surface area contributed by atoms with Crippen LogP contribution in [0.4, 0.5) is 5.69 Å². The topological polar surface area (TPSA) is 96.0 Å². The van der Waals surface area contributed by atoms with E-state index >= 15 is 0 Å². The first-order valence-corrected chi connectivity index (χ1v) is 16.1. The summed E-state index contributed by atoms with van der Waals surface area (Å²) in [6, 6.07) is 27.4. The molecule has 0 aliphatic carbocycles. The zero-order chi connectivity index (χ0) is 31.7. The number of nitrogens with one attached hydrogen (secondary N) is 1. The number of hydrogen-bond donors (Lipinski definition) is 1. The molecule has 4 aromatic rings. The summed E-state index contributed by atoms with van der Waals surface area (Å²) in [5.41, 5.74) is 1.76. The van der Waals surface area contributed by atoms with Crippen molar-refractivity contribution in [2.75, 3.05) is 24.5 Å². The molecule has 4 rings (SSSR count). The molecule has 0 aliphatic rings. The fraction of sp³-hybridized carbons (Fsp3) is 0.212. The van der Waals surface area contributed by atoms with Crippen molar-refractivity contribution in [3.05, 3.63) is 124 Å². The van der Waals surface area contributed by atoms with Gasteiger partial charge in [-0.25, -0.2) is 8.42 Å². The highest BCUT2D eigenvalue weighted by molar-refractivity contribution is 7.92. The van der Waals surface area contributed by atoms with Crippen LogP contribution in [-0.2, 0) is 32.6 Å². The summed E-state index contributed by atoms with van der Waals surface area (Å²) < 4.78 is 34.3. The van der Waals surface area contributed by atoms with Gasteiger partial charge < -0.3 is 15.0 Å². The summed E-state index contributed by atoms with van der Waals surface area (Å²) in [6.07, 6.45) is 0.213. The summed E-state index contributed by atoms with van der Waals surface area (Å²) >= 11 is 12.4. The number of methoxy groups -OCH3 is 1. The van der Waals surface area contributed by atoms with Gasteiger partial charge in [-0.05, 0) is 78.7 Å². The molecule has 0 spiro atoms. The SMILES string of the molecule is CCNC(=O)[C@H](Cc1ccccc1)N(Cc1cccc(Cl)c1)C(=O)CN(c1ccc(Cl)cc1)S(=O)(=O)c1ccc(OC)cc1. The van der Waals surface area contributed by atoms with E-state index in [0.717, 1.165) is 9.87 Å². The lowest BCUT2D eigenvalue weighted by molar-refractivity contribution is -0.140. The Morgan fingerprint density at radius 2 is 1.50 bits per heavy atom. The van der Waals surface area contributed by atoms with Gasteiger partial charge in [0, 0.05) is 29.6 Å². The fourth-order valence-corrected chi connectivity index (χ4v) is 6.44. The van der Waals surface area contributed by atoms with Crippen LogP contribution >= 0.6 is 23.2 Å². The third-order valence-corrected chi connectivity index (χ3v) is 9.18. The number of likely N-dealkylation sites (N-methyl/N-ethyl adjacent to an activating group) is 1. The van der Waals surface area contributed by atoms with E-state index < -0.39 is 28.5 Å². The normalized spacial score (nSPS) is 11.8. The van der Waals surface area contributed by atoms with Crippen molar-refractivity contribution in [1.82, 2.24) is 10.2 Å². The van der Waals surface area contributed by atoms with E-state index in [1.807, 2.05) is 30.3 Å². The first kappa shape index (κ1) is 32.9. The van der Waals surface area contributed by atoms with Crippen LogP contribution in [0.1, 0.15) is 18.1 Å². The third-order valence-electron chi connectivity index (χ3n) is 6.90. The number of rotatable bonds is 13. The molecule has 0 heterocycles. The molecule has 0 saturated heterocycles. The van der Waals surface area contributed by atoms with Crippen molar-refractivity contribution in [1.29, 1.82) is 0 Å². The second-order valence-electron chi connectivity index (χ2n) is 9.92. The first-order valence-electron chi connectivity index (χ1n) is 13.9. The molecule has 0 radical (unpaired) electrons. The quantitative estimate of drug-likeness (QED) is 0.192. The third kappa shape index (κ3) is 8.31. The monoisotopic (exact) mass is 653 g/mol. The number of sulfonamides is 1. The zero-order valence-corrected chi connectivity index (χ0v) is 26.6. The highest BCUT2D eigenvalue weighted by Crippen LogP contribution is 2.27. The van der Waals surface area contributed by atoms with Gasteiger partial charge in [0.15, 0.2) is 0 Å². The maximum absolute atomic E-state index is 14.4. The van der Waals surface area contributed by atoms with Crippen LogP contribution in [0.15, 0.2) is 108 Å². The molecule has 0 bridgehead atoms. The minimum Gasteiger partial charge on any atom is -0.497 e. The van der Waals surface area contributed by atoms with E-state index in [4.69, 9.17) is 27.9 Å². The average molecular weight is 655 g/mol. The van der Waals surface area contributed by atoms with Crippen LogP contribution in [0.25, 0.3) is 0 Å². The van der Waals surface area contributed by atoms with E-state index in [9.17, 15) is 18.0 Å². The smallest absolute Gasteiger partial charge is 0.264 e. The van der Waals surface area contributed by atoms with Crippen LogP contribution in [0, 0.1) is 0 Å². The minimum atomic E-state index is -4.25. The van der Waals surface area contributed by atoms with Crippen LogP contribution in [-0.4, -0.2) is 51.4 Å². The van der Waals surface area contributed by atoms with Crippen molar-refractivity contribution in [2.24, 2.45) is 0 Å².